The number of rotatable bonds is 5. The molecule has 1 N–H and O–H groups in total. The van der Waals surface area contributed by atoms with E-state index in [9.17, 15) is 8.42 Å². The molecular weight excluding hydrogens is 318 g/mol. The minimum absolute atomic E-state index is 0.244. The highest BCUT2D eigenvalue weighted by molar-refractivity contribution is 7.91. The quantitative estimate of drug-likeness (QED) is 0.852. The summed E-state index contributed by atoms with van der Waals surface area (Å²) in [5, 5.41) is 2.79. The number of benzene rings is 2. The Kier molecular flexibility index (Phi) is 5.15. The minimum Gasteiger partial charge on any atom is -0.497 e. The van der Waals surface area contributed by atoms with E-state index in [-0.39, 0.29) is 10.8 Å². The van der Waals surface area contributed by atoms with Gasteiger partial charge in [-0.2, -0.15) is 0 Å². The summed E-state index contributed by atoms with van der Waals surface area (Å²) in [6, 6.07) is 13.9. The Morgan fingerprint density at radius 3 is 2.50 bits per heavy atom. The first-order valence-corrected chi connectivity index (χ1v) is 8.70. The second-order valence-corrected chi connectivity index (χ2v) is 7.21. The van der Waals surface area contributed by atoms with Crippen LogP contribution < -0.4 is 10.1 Å². The number of hydrogen-bond donors (Lipinski definition) is 1. The van der Waals surface area contributed by atoms with Crippen LogP contribution in [0, 0.1) is 6.92 Å². The van der Waals surface area contributed by atoms with Crippen molar-refractivity contribution in [1.82, 2.24) is 5.32 Å². The molecule has 0 bridgehead atoms. The molecule has 0 aliphatic rings. The summed E-state index contributed by atoms with van der Waals surface area (Å²) in [7, 11) is -1.86. The first kappa shape index (κ1) is 16.5. The van der Waals surface area contributed by atoms with Crippen LogP contribution in [0.4, 0.5) is 0 Å². The molecule has 116 valence electrons. The highest BCUT2D eigenvalue weighted by Crippen LogP contribution is 2.14. The maximum Gasteiger partial charge on any atom is 0.196 e. The van der Waals surface area contributed by atoms with Crippen LogP contribution in [-0.4, -0.2) is 26.4 Å². The first-order chi connectivity index (χ1) is 10.4. The topological polar surface area (TPSA) is 55.4 Å². The van der Waals surface area contributed by atoms with Crippen molar-refractivity contribution in [3.63, 3.8) is 0 Å². The van der Waals surface area contributed by atoms with E-state index in [1.807, 2.05) is 6.92 Å². The smallest absolute Gasteiger partial charge is 0.196 e. The molecule has 6 heteroatoms. The Bertz CT molecular complexity index is 768. The van der Waals surface area contributed by atoms with E-state index >= 15 is 0 Å². The van der Waals surface area contributed by atoms with Crippen molar-refractivity contribution in [2.24, 2.45) is 0 Å². The van der Waals surface area contributed by atoms with Crippen molar-refractivity contribution in [2.75, 3.05) is 13.0 Å². The van der Waals surface area contributed by atoms with E-state index in [4.69, 9.17) is 17.0 Å². The maximum atomic E-state index is 12.3. The second-order valence-electron chi connectivity index (χ2n) is 4.81. The second kappa shape index (κ2) is 6.89. The molecule has 0 saturated carbocycles. The molecular formula is C16H17NO3S2. The SMILES string of the molecule is COc1cccc(C(=S)NCS(=O)(=O)c2ccc(C)cc2)c1. The van der Waals surface area contributed by atoms with Crippen LogP contribution in [0.15, 0.2) is 53.4 Å². The van der Waals surface area contributed by atoms with Gasteiger partial charge in [0.2, 0.25) is 0 Å². The number of thiocarbonyl (C=S) groups is 1. The van der Waals surface area contributed by atoms with Gasteiger partial charge in [-0.05, 0) is 31.2 Å². The Morgan fingerprint density at radius 1 is 1.18 bits per heavy atom. The van der Waals surface area contributed by atoms with Crippen molar-refractivity contribution in [1.29, 1.82) is 0 Å². The lowest BCUT2D eigenvalue weighted by Gasteiger charge is -2.10. The van der Waals surface area contributed by atoms with Gasteiger partial charge >= 0.3 is 0 Å². The maximum absolute atomic E-state index is 12.3. The minimum atomic E-state index is -3.43. The largest absolute Gasteiger partial charge is 0.497 e. The highest BCUT2D eigenvalue weighted by atomic mass is 32.2. The summed E-state index contributed by atoms with van der Waals surface area (Å²) >= 11 is 5.24. The van der Waals surface area contributed by atoms with Gasteiger partial charge in [0.1, 0.15) is 16.6 Å². The van der Waals surface area contributed by atoms with Crippen LogP contribution in [0.25, 0.3) is 0 Å². The van der Waals surface area contributed by atoms with Gasteiger partial charge in [0.15, 0.2) is 9.84 Å². The zero-order chi connectivity index (χ0) is 16.2. The molecule has 0 aromatic heterocycles. The number of nitrogens with one attached hydrogen (secondary N) is 1. The molecule has 2 rings (SSSR count). The molecule has 4 nitrogen and oxygen atoms in total. The third-order valence-electron chi connectivity index (χ3n) is 3.13. The van der Waals surface area contributed by atoms with Gasteiger partial charge < -0.3 is 10.1 Å². The molecule has 0 aliphatic carbocycles. The van der Waals surface area contributed by atoms with Crippen LogP contribution >= 0.6 is 12.2 Å². The number of aryl methyl sites for hydroxylation is 1. The molecule has 0 saturated heterocycles. The van der Waals surface area contributed by atoms with E-state index in [1.165, 1.54) is 0 Å². The van der Waals surface area contributed by atoms with Crippen LogP contribution in [0.1, 0.15) is 11.1 Å². The van der Waals surface area contributed by atoms with E-state index < -0.39 is 9.84 Å². The summed E-state index contributed by atoms with van der Waals surface area (Å²) < 4.78 is 29.6. The standard InChI is InChI=1S/C16H17NO3S2/c1-12-6-8-15(9-7-12)22(18,19)11-17-16(21)13-4-3-5-14(10-13)20-2/h3-10H,11H2,1-2H3,(H,17,21). The van der Waals surface area contributed by atoms with Crippen molar-refractivity contribution < 1.29 is 13.2 Å². The van der Waals surface area contributed by atoms with Gasteiger partial charge in [-0.25, -0.2) is 8.42 Å². The monoisotopic (exact) mass is 335 g/mol. The van der Waals surface area contributed by atoms with Gasteiger partial charge in [0.25, 0.3) is 0 Å². The molecule has 2 aromatic carbocycles. The Hall–Kier alpha value is -1.92. The zero-order valence-corrected chi connectivity index (χ0v) is 14.0. The molecule has 0 radical (unpaired) electrons. The predicted octanol–water partition coefficient (Wildman–Crippen LogP) is 2.70. The lowest BCUT2D eigenvalue weighted by atomic mass is 10.2. The molecule has 0 heterocycles. The molecule has 0 amide bonds. The van der Waals surface area contributed by atoms with Crippen molar-refractivity contribution >= 4 is 27.0 Å². The number of ether oxygens (including phenoxy) is 1. The zero-order valence-electron chi connectivity index (χ0n) is 12.4. The normalized spacial score (nSPS) is 11.0. The third-order valence-corrected chi connectivity index (χ3v) is 5.03. The van der Waals surface area contributed by atoms with Gasteiger partial charge in [-0.3, -0.25) is 0 Å². The lowest BCUT2D eigenvalue weighted by molar-refractivity contribution is 0.414. The highest BCUT2D eigenvalue weighted by Gasteiger charge is 2.15. The molecule has 0 spiro atoms. The Morgan fingerprint density at radius 2 is 1.86 bits per heavy atom. The fourth-order valence-corrected chi connectivity index (χ4v) is 3.20. The fourth-order valence-electron chi connectivity index (χ4n) is 1.86. The van der Waals surface area contributed by atoms with Gasteiger partial charge in [0, 0.05) is 5.56 Å². The summed E-state index contributed by atoms with van der Waals surface area (Å²) in [6.45, 7) is 1.91. The van der Waals surface area contributed by atoms with Gasteiger partial charge in [-0.15, -0.1) is 0 Å². The van der Waals surface area contributed by atoms with Crippen LogP contribution in [0.2, 0.25) is 0 Å². The first-order valence-electron chi connectivity index (χ1n) is 6.64. The number of sulfone groups is 1. The Labute approximate surface area is 136 Å². The van der Waals surface area contributed by atoms with E-state index in [0.717, 1.165) is 5.56 Å². The van der Waals surface area contributed by atoms with E-state index in [0.29, 0.717) is 16.3 Å². The van der Waals surface area contributed by atoms with E-state index in [2.05, 4.69) is 5.32 Å². The van der Waals surface area contributed by atoms with Crippen molar-refractivity contribution in [3.8, 4) is 5.75 Å². The molecule has 0 fully saturated rings. The van der Waals surface area contributed by atoms with E-state index in [1.54, 1.807) is 55.6 Å². The fraction of sp³-hybridized carbons (Fsp3) is 0.188. The number of hydrogen-bond acceptors (Lipinski definition) is 4. The molecule has 22 heavy (non-hydrogen) atoms. The summed E-state index contributed by atoms with van der Waals surface area (Å²) in [5.41, 5.74) is 1.73. The third kappa shape index (κ3) is 4.05. The number of methoxy groups -OCH3 is 1. The van der Waals surface area contributed by atoms with Crippen LogP contribution in [0.3, 0.4) is 0 Å². The summed E-state index contributed by atoms with van der Waals surface area (Å²) in [4.78, 5) is 0.647. The lowest BCUT2D eigenvalue weighted by Crippen LogP contribution is -2.28. The van der Waals surface area contributed by atoms with Gasteiger partial charge in [-0.1, -0.05) is 42.0 Å². The summed E-state index contributed by atoms with van der Waals surface area (Å²) in [5.74, 6) is 0.426. The van der Waals surface area contributed by atoms with Crippen LogP contribution in [0.5, 0.6) is 5.75 Å². The molecule has 2 aromatic rings. The predicted molar refractivity (Wildman–Crippen MR) is 91.1 cm³/mol. The average Bonchev–Trinajstić information content (AvgIpc) is 2.53. The molecule has 0 unspecified atom stereocenters. The van der Waals surface area contributed by atoms with Gasteiger partial charge in [0.05, 0.1) is 12.0 Å². The molecule has 0 aliphatic heterocycles. The average molecular weight is 335 g/mol. The molecule has 0 atom stereocenters. The van der Waals surface area contributed by atoms with Crippen molar-refractivity contribution in [2.45, 2.75) is 11.8 Å². The summed E-state index contributed by atoms with van der Waals surface area (Å²) in [6.07, 6.45) is 0. The van der Waals surface area contributed by atoms with Crippen molar-refractivity contribution in [3.05, 3.63) is 59.7 Å². The van der Waals surface area contributed by atoms with Crippen LogP contribution in [-0.2, 0) is 9.84 Å². The Balaban J connectivity index is 2.08.